The third kappa shape index (κ3) is 4.78. The van der Waals surface area contributed by atoms with Crippen molar-refractivity contribution in [3.63, 3.8) is 0 Å². The van der Waals surface area contributed by atoms with Crippen molar-refractivity contribution in [3.8, 4) is 44.8 Å². The Morgan fingerprint density at radius 1 is 1.22 bits per heavy atom. The molecule has 0 unspecified atom stereocenters. The molecule has 0 spiro atoms. The number of nitrogens with one attached hydrogen (secondary N) is 1. The number of benzene rings is 1. The molecule has 0 bridgehead atoms. The fourth-order valence-corrected chi connectivity index (χ4v) is 3.96. The van der Waals surface area contributed by atoms with Crippen LogP contribution < -0.4 is 10.1 Å². The molecule has 1 amide bonds. The minimum atomic E-state index is -0.193. The van der Waals surface area contributed by atoms with E-state index >= 15 is 0 Å². The fourth-order valence-electron chi connectivity index (χ4n) is 3.17. The largest absolute Gasteiger partial charge is 0.496 e. The van der Waals surface area contributed by atoms with E-state index in [1.807, 2.05) is 29.6 Å². The number of ether oxygens (including phenoxy) is 1. The van der Waals surface area contributed by atoms with E-state index in [-0.39, 0.29) is 11.8 Å². The summed E-state index contributed by atoms with van der Waals surface area (Å²) in [6.45, 7) is 2.06. The molecule has 4 aromatic rings. The second-order valence-corrected chi connectivity index (χ2v) is 8.02. The molecular weight excluding hydrogens is 428 g/mol. The molecule has 164 valence electrons. The van der Waals surface area contributed by atoms with Gasteiger partial charge in [-0.15, -0.1) is 11.3 Å². The Morgan fingerprint density at radius 2 is 2.06 bits per heavy atom. The summed E-state index contributed by atoms with van der Waals surface area (Å²) in [5.74, 6) is 0.779. The van der Waals surface area contributed by atoms with E-state index in [1.165, 1.54) is 17.4 Å². The number of aromatic nitrogens is 3. The van der Waals surface area contributed by atoms with Crippen LogP contribution in [0.25, 0.3) is 33.2 Å². The lowest BCUT2D eigenvalue weighted by Gasteiger charge is -2.09. The van der Waals surface area contributed by atoms with Crippen LogP contribution in [-0.2, 0) is 4.79 Å². The van der Waals surface area contributed by atoms with Crippen LogP contribution in [-0.4, -0.2) is 33.2 Å². The van der Waals surface area contributed by atoms with Gasteiger partial charge in [-0.05, 0) is 29.8 Å². The van der Waals surface area contributed by atoms with Crippen molar-refractivity contribution < 1.29 is 19.2 Å². The van der Waals surface area contributed by atoms with Gasteiger partial charge in [0.15, 0.2) is 5.76 Å². The van der Waals surface area contributed by atoms with Gasteiger partial charge in [0.1, 0.15) is 5.75 Å². The van der Waals surface area contributed by atoms with Crippen molar-refractivity contribution >= 4 is 22.9 Å². The summed E-state index contributed by atoms with van der Waals surface area (Å²) in [6, 6.07) is 8.85. The summed E-state index contributed by atoms with van der Waals surface area (Å²) >= 11 is 1.50. The normalized spacial score (nSPS) is 10.8. The first-order chi connectivity index (χ1) is 15.6. The molecule has 0 aliphatic heterocycles. The first-order valence-electron chi connectivity index (χ1n) is 10.1. The number of hydrogen-bond acceptors (Lipinski definition) is 8. The number of methoxy groups -OCH3 is 1. The van der Waals surface area contributed by atoms with E-state index in [9.17, 15) is 9.90 Å². The second-order valence-electron chi connectivity index (χ2n) is 7.11. The zero-order valence-electron chi connectivity index (χ0n) is 17.7. The monoisotopic (exact) mass is 450 g/mol. The van der Waals surface area contributed by atoms with Crippen LogP contribution in [0.3, 0.4) is 0 Å². The van der Waals surface area contributed by atoms with Gasteiger partial charge < -0.3 is 19.7 Å². The molecular formula is C23H22N4O4S. The average molecular weight is 451 g/mol. The smallest absolute Gasteiger partial charge is 0.252 e. The zero-order chi connectivity index (χ0) is 22.5. The van der Waals surface area contributed by atoms with E-state index in [0.717, 1.165) is 29.0 Å². The molecule has 0 saturated carbocycles. The Labute approximate surface area is 188 Å². The van der Waals surface area contributed by atoms with Gasteiger partial charge in [-0.2, -0.15) is 0 Å². The van der Waals surface area contributed by atoms with Gasteiger partial charge in [0.25, 0.3) is 5.88 Å². The lowest BCUT2D eigenvalue weighted by Crippen LogP contribution is -2.09. The lowest BCUT2D eigenvalue weighted by molar-refractivity contribution is -0.116. The van der Waals surface area contributed by atoms with E-state index in [4.69, 9.17) is 14.2 Å². The quantitative estimate of drug-likeness (QED) is 0.371. The molecule has 32 heavy (non-hydrogen) atoms. The summed E-state index contributed by atoms with van der Waals surface area (Å²) in [6.07, 6.45) is 5.75. The van der Waals surface area contributed by atoms with Crippen molar-refractivity contribution in [2.75, 3.05) is 12.4 Å². The highest BCUT2D eigenvalue weighted by molar-refractivity contribution is 7.14. The predicted molar refractivity (Wildman–Crippen MR) is 123 cm³/mol. The Balaban J connectivity index is 1.58. The molecule has 0 aliphatic rings. The molecule has 0 saturated heterocycles. The number of carbonyl (C=O) groups excluding carboxylic acids is 1. The number of amides is 1. The number of carbonyl (C=O) groups is 1. The average Bonchev–Trinajstić information content (AvgIpc) is 3.46. The van der Waals surface area contributed by atoms with Crippen LogP contribution >= 0.6 is 11.3 Å². The Bertz CT molecular complexity index is 1230. The number of rotatable bonds is 8. The minimum Gasteiger partial charge on any atom is -0.496 e. The summed E-state index contributed by atoms with van der Waals surface area (Å²) in [5, 5.41) is 17.8. The van der Waals surface area contributed by atoms with Crippen molar-refractivity contribution in [2.24, 2.45) is 0 Å². The Hall–Kier alpha value is -3.72. The maximum Gasteiger partial charge on any atom is 0.252 e. The number of unbranched alkanes of at least 4 members (excludes halogenated alkanes) is 1. The minimum absolute atomic E-state index is 0.0169. The predicted octanol–water partition coefficient (Wildman–Crippen LogP) is 5.37. The SMILES string of the molecule is CCCCC(=O)Nc1csc(-c2cncc(-c3ccc(-c4cc(O)no4)c(OC)c3)n2)c1. The first-order valence-corrected chi connectivity index (χ1v) is 11.0. The maximum absolute atomic E-state index is 12.0. The Morgan fingerprint density at radius 3 is 2.81 bits per heavy atom. The highest BCUT2D eigenvalue weighted by Gasteiger charge is 2.15. The molecule has 0 fully saturated rings. The highest BCUT2D eigenvalue weighted by Crippen LogP contribution is 2.35. The van der Waals surface area contributed by atoms with Gasteiger partial charge >= 0.3 is 0 Å². The maximum atomic E-state index is 12.0. The molecule has 0 radical (unpaired) electrons. The number of aromatic hydroxyl groups is 1. The molecule has 4 rings (SSSR count). The van der Waals surface area contributed by atoms with Gasteiger partial charge in [0.05, 0.1) is 47.0 Å². The van der Waals surface area contributed by atoms with Crippen molar-refractivity contribution in [1.29, 1.82) is 0 Å². The van der Waals surface area contributed by atoms with E-state index in [0.29, 0.717) is 34.9 Å². The number of nitrogens with zero attached hydrogens (tertiary/aromatic N) is 3. The number of anilines is 1. The standard InChI is InChI=1S/C23H22N4O4S/c1-3-4-5-22(28)25-15-9-21(32-13-15)18-12-24-11-17(26-18)14-6-7-16(19(8-14)30-2)20-10-23(29)27-31-20/h6-13H,3-5H2,1-2H3,(H,25,28)(H,27,29). The van der Waals surface area contributed by atoms with Gasteiger partial charge in [0, 0.05) is 23.4 Å². The van der Waals surface area contributed by atoms with Crippen LogP contribution in [0.15, 0.2) is 52.6 Å². The Kier molecular flexibility index (Phi) is 6.46. The van der Waals surface area contributed by atoms with E-state index in [1.54, 1.807) is 19.5 Å². The van der Waals surface area contributed by atoms with Gasteiger partial charge in [0.2, 0.25) is 5.91 Å². The van der Waals surface area contributed by atoms with Gasteiger partial charge in [-0.1, -0.05) is 19.4 Å². The second kappa shape index (κ2) is 9.61. The molecule has 2 N–H and O–H groups in total. The van der Waals surface area contributed by atoms with Crippen LogP contribution in [0, 0.1) is 0 Å². The van der Waals surface area contributed by atoms with Crippen molar-refractivity contribution in [2.45, 2.75) is 26.2 Å². The molecule has 9 heteroatoms. The third-order valence-corrected chi connectivity index (χ3v) is 5.74. The first kappa shape index (κ1) is 21.5. The van der Waals surface area contributed by atoms with E-state index in [2.05, 4.69) is 22.4 Å². The summed E-state index contributed by atoms with van der Waals surface area (Å²) in [7, 11) is 1.56. The van der Waals surface area contributed by atoms with Crippen LogP contribution in [0.1, 0.15) is 26.2 Å². The molecule has 1 aromatic carbocycles. The van der Waals surface area contributed by atoms with Crippen LogP contribution in [0.5, 0.6) is 11.6 Å². The van der Waals surface area contributed by atoms with Crippen LogP contribution in [0.4, 0.5) is 5.69 Å². The van der Waals surface area contributed by atoms with Gasteiger partial charge in [-0.3, -0.25) is 9.78 Å². The number of hydrogen-bond donors (Lipinski definition) is 2. The summed E-state index contributed by atoms with van der Waals surface area (Å²) in [4.78, 5) is 22.0. The number of thiophene rings is 1. The van der Waals surface area contributed by atoms with E-state index < -0.39 is 0 Å². The fraction of sp³-hybridized carbons (Fsp3) is 0.217. The molecule has 8 nitrogen and oxygen atoms in total. The van der Waals surface area contributed by atoms with Crippen molar-refractivity contribution in [3.05, 3.63) is 48.1 Å². The molecule has 3 aromatic heterocycles. The van der Waals surface area contributed by atoms with Crippen LogP contribution in [0.2, 0.25) is 0 Å². The van der Waals surface area contributed by atoms with Crippen molar-refractivity contribution in [1.82, 2.24) is 15.1 Å². The summed E-state index contributed by atoms with van der Waals surface area (Å²) < 4.78 is 10.6. The lowest BCUT2D eigenvalue weighted by atomic mass is 10.1. The highest BCUT2D eigenvalue weighted by atomic mass is 32.1. The molecule has 0 atom stereocenters. The molecule has 3 heterocycles. The van der Waals surface area contributed by atoms with Gasteiger partial charge in [-0.25, -0.2) is 4.98 Å². The molecule has 0 aliphatic carbocycles. The zero-order valence-corrected chi connectivity index (χ0v) is 18.5. The topological polar surface area (TPSA) is 110 Å². The summed E-state index contributed by atoms with van der Waals surface area (Å²) in [5.41, 5.74) is 3.63. The third-order valence-electron chi connectivity index (χ3n) is 4.79.